The molecule has 0 spiro atoms. The third-order valence-corrected chi connectivity index (χ3v) is 2.83. The summed E-state index contributed by atoms with van der Waals surface area (Å²) in [6.07, 6.45) is 1.94. The van der Waals surface area contributed by atoms with E-state index in [1.54, 1.807) is 0 Å². The molecule has 100 valence electrons. The van der Waals surface area contributed by atoms with Crippen molar-refractivity contribution in [2.75, 3.05) is 17.2 Å². The van der Waals surface area contributed by atoms with Gasteiger partial charge in [-0.3, -0.25) is 10.1 Å². The number of pyridine rings is 1. The minimum Gasteiger partial charge on any atom is -0.369 e. The number of anilines is 2. The minimum atomic E-state index is -0.565. The highest BCUT2D eigenvalue weighted by Gasteiger charge is 2.15. The molecule has 0 bridgehead atoms. The van der Waals surface area contributed by atoms with Crippen LogP contribution in [0, 0.1) is 5.82 Å². The highest BCUT2D eigenvalue weighted by atomic mass is 32.1. The summed E-state index contributed by atoms with van der Waals surface area (Å²) in [6, 6.07) is 1.14. The maximum Gasteiger partial charge on any atom is 0.261 e. The van der Waals surface area contributed by atoms with E-state index >= 15 is 0 Å². The van der Waals surface area contributed by atoms with Gasteiger partial charge < -0.3 is 5.32 Å². The van der Waals surface area contributed by atoms with Gasteiger partial charge in [-0.2, -0.15) is 0 Å². The Morgan fingerprint density at radius 1 is 1.53 bits per heavy atom. The van der Waals surface area contributed by atoms with Crippen molar-refractivity contribution in [3.63, 3.8) is 0 Å². The predicted molar refractivity (Wildman–Crippen MR) is 70.8 cm³/mol. The fraction of sp³-hybridized carbons (Fsp3) is 0.273. The number of carbonyl (C=O) groups is 1. The SMILES string of the molecule is CCCNc1ncc(F)cc1C(=O)Nc1nncs1. The number of aromatic nitrogens is 3. The largest absolute Gasteiger partial charge is 0.369 e. The van der Waals surface area contributed by atoms with Crippen molar-refractivity contribution in [1.82, 2.24) is 15.2 Å². The predicted octanol–water partition coefficient (Wildman–Crippen LogP) is 2.15. The average Bonchev–Trinajstić information content (AvgIpc) is 2.90. The molecule has 0 aliphatic carbocycles. The van der Waals surface area contributed by atoms with Gasteiger partial charge in [-0.05, 0) is 12.5 Å². The number of nitrogens with zero attached hydrogens (tertiary/aromatic N) is 3. The van der Waals surface area contributed by atoms with E-state index in [4.69, 9.17) is 0 Å². The Hall–Kier alpha value is -2.09. The molecule has 19 heavy (non-hydrogen) atoms. The average molecular weight is 281 g/mol. The van der Waals surface area contributed by atoms with E-state index in [9.17, 15) is 9.18 Å². The smallest absolute Gasteiger partial charge is 0.261 e. The first-order valence-corrected chi connectivity index (χ1v) is 6.55. The van der Waals surface area contributed by atoms with Crippen LogP contribution in [0.2, 0.25) is 0 Å². The molecule has 1 amide bonds. The van der Waals surface area contributed by atoms with Crippen molar-refractivity contribution in [1.29, 1.82) is 0 Å². The molecule has 2 heterocycles. The molecule has 0 aromatic carbocycles. The van der Waals surface area contributed by atoms with Crippen molar-refractivity contribution in [3.8, 4) is 0 Å². The molecule has 0 unspecified atom stereocenters. The first kappa shape index (κ1) is 13.3. The Morgan fingerprint density at radius 3 is 3.05 bits per heavy atom. The van der Waals surface area contributed by atoms with Crippen LogP contribution < -0.4 is 10.6 Å². The second-order valence-electron chi connectivity index (χ2n) is 3.67. The van der Waals surface area contributed by atoms with Crippen molar-refractivity contribution in [2.45, 2.75) is 13.3 Å². The molecule has 6 nitrogen and oxygen atoms in total. The van der Waals surface area contributed by atoms with E-state index in [0.29, 0.717) is 17.5 Å². The van der Waals surface area contributed by atoms with Gasteiger partial charge in [0.15, 0.2) is 0 Å². The fourth-order valence-corrected chi connectivity index (χ4v) is 1.83. The van der Waals surface area contributed by atoms with Crippen LogP contribution in [0.1, 0.15) is 23.7 Å². The van der Waals surface area contributed by atoms with Crippen molar-refractivity contribution in [2.24, 2.45) is 0 Å². The first-order valence-electron chi connectivity index (χ1n) is 5.67. The first-order chi connectivity index (χ1) is 9.20. The summed E-state index contributed by atoms with van der Waals surface area (Å²) in [7, 11) is 0. The van der Waals surface area contributed by atoms with Crippen LogP contribution in [0.5, 0.6) is 0 Å². The molecule has 0 atom stereocenters. The zero-order valence-corrected chi connectivity index (χ0v) is 11.0. The summed E-state index contributed by atoms with van der Waals surface area (Å²) in [5, 5.41) is 13.2. The zero-order valence-electron chi connectivity index (χ0n) is 10.2. The molecular formula is C11H12FN5OS. The molecular weight excluding hydrogens is 269 g/mol. The molecule has 0 radical (unpaired) electrons. The number of halogens is 1. The van der Waals surface area contributed by atoms with Crippen LogP contribution >= 0.6 is 11.3 Å². The molecule has 2 N–H and O–H groups in total. The number of rotatable bonds is 5. The van der Waals surface area contributed by atoms with Gasteiger partial charge in [0, 0.05) is 6.54 Å². The summed E-state index contributed by atoms with van der Waals surface area (Å²) in [6.45, 7) is 2.63. The van der Waals surface area contributed by atoms with Gasteiger partial charge in [0.2, 0.25) is 5.13 Å². The summed E-state index contributed by atoms with van der Waals surface area (Å²) in [5.74, 6) is -0.683. The Kier molecular flexibility index (Phi) is 4.35. The third kappa shape index (κ3) is 3.44. The highest BCUT2D eigenvalue weighted by Crippen LogP contribution is 2.17. The quantitative estimate of drug-likeness (QED) is 0.877. The molecule has 0 fully saturated rings. The summed E-state index contributed by atoms with van der Waals surface area (Å²) in [4.78, 5) is 15.9. The second kappa shape index (κ2) is 6.19. The lowest BCUT2D eigenvalue weighted by Gasteiger charge is -2.09. The van der Waals surface area contributed by atoms with Gasteiger partial charge in [-0.15, -0.1) is 10.2 Å². The lowest BCUT2D eigenvalue weighted by Crippen LogP contribution is -2.16. The molecule has 2 aromatic heterocycles. The number of amides is 1. The van der Waals surface area contributed by atoms with Gasteiger partial charge in [-0.1, -0.05) is 18.3 Å². The lowest BCUT2D eigenvalue weighted by molar-refractivity contribution is 0.102. The van der Waals surface area contributed by atoms with Crippen molar-refractivity contribution < 1.29 is 9.18 Å². The highest BCUT2D eigenvalue weighted by molar-refractivity contribution is 7.13. The number of hydrogen-bond acceptors (Lipinski definition) is 6. The van der Waals surface area contributed by atoms with Crippen molar-refractivity contribution >= 4 is 28.2 Å². The van der Waals surface area contributed by atoms with Crippen LogP contribution in [0.4, 0.5) is 15.3 Å². The van der Waals surface area contributed by atoms with E-state index in [1.807, 2.05) is 6.92 Å². The summed E-state index contributed by atoms with van der Waals surface area (Å²) < 4.78 is 13.2. The summed E-state index contributed by atoms with van der Waals surface area (Å²) in [5.41, 5.74) is 1.64. The second-order valence-corrected chi connectivity index (χ2v) is 4.51. The van der Waals surface area contributed by atoms with E-state index in [-0.39, 0.29) is 5.56 Å². The molecule has 2 aromatic rings. The normalized spacial score (nSPS) is 10.2. The Labute approximate surface area is 113 Å². The molecule has 0 saturated carbocycles. The van der Waals surface area contributed by atoms with E-state index < -0.39 is 11.7 Å². The van der Waals surface area contributed by atoms with E-state index in [0.717, 1.165) is 18.7 Å². The van der Waals surface area contributed by atoms with Crippen LogP contribution in [-0.2, 0) is 0 Å². The standard InChI is InChI=1S/C11H12FN5OS/c1-2-3-13-9-8(4-7(12)5-14-9)10(18)16-11-17-15-6-19-11/h4-6H,2-3H2,1H3,(H,13,14)(H,16,17,18). The number of hydrogen-bond donors (Lipinski definition) is 2. The Balaban J connectivity index is 2.21. The van der Waals surface area contributed by atoms with Crippen LogP contribution in [0.15, 0.2) is 17.8 Å². The number of carbonyl (C=O) groups excluding carboxylic acids is 1. The van der Waals surface area contributed by atoms with Crippen LogP contribution in [0.3, 0.4) is 0 Å². The number of nitrogens with one attached hydrogen (secondary N) is 2. The fourth-order valence-electron chi connectivity index (χ4n) is 1.39. The van der Waals surface area contributed by atoms with Gasteiger partial charge in [0.25, 0.3) is 5.91 Å². The third-order valence-electron chi connectivity index (χ3n) is 2.22. The monoisotopic (exact) mass is 281 g/mol. The minimum absolute atomic E-state index is 0.142. The molecule has 8 heteroatoms. The topological polar surface area (TPSA) is 79.8 Å². The van der Waals surface area contributed by atoms with Crippen molar-refractivity contribution in [3.05, 3.63) is 29.2 Å². The Bertz CT molecular complexity index is 560. The van der Waals surface area contributed by atoms with E-state index in [2.05, 4.69) is 25.8 Å². The van der Waals surface area contributed by atoms with Gasteiger partial charge in [0.1, 0.15) is 17.1 Å². The molecule has 0 aliphatic heterocycles. The maximum atomic E-state index is 13.2. The van der Waals surface area contributed by atoms with Crippen LogP contribution in [-0.4, -0.2) is 27.6 Å². The molecule has 0 aliphatic rings. The molecule has 0 saturated heterocycles. The maximum absolute atomic E-state index is 13.2. The molecule has 2 rings (SSSR count). The lowest BCUT2D eigenvalue weighted by atomic mass is 10.2. The van der Waals surface area contributed by atoms with Gasteiger partial charge >= 0.3 is 0 Å². The van der Waals surface area contributed by atoms with E-state index in [1.165, 1.54) is 16.8 Å². The summed E-state index contributed by atoms with van der Waals surface area (Å²) >= 11 is 1.19. The van der Waals surface area contributed by atoms with Gasteiger partial charge in [-0.25, -0.2) is 9.37 Å². The Morgan fingerprint density at radius 2 is 2.37 bits per heavy atom. The zero-order chi connectivity index (χ0) is 13.7. The van der Waals surface area contributed by atoms with Gasteiger partial charge in [0.05, 0.1) is 11.8 Å². The van der Waals surface area contributed by atoms with Crippen LogP contribution in [0.25, 0.3) is 0 Å².